The van der Waals surface area contributed by atoms with E-state index >= 15 is 0 Å². The minimum absolute atomic E-state index is 0.0958. The van der Waals surface area contributed by atoms with Crippen molar-refractivity contribution in [2.24, 2.45) is 0 Å². The molecule has 0 amide bonds. The molecule has 0 bridgehead atoms. The first kappa shape index (κ1) is 14.3. The predicted octanol–water partition coefficient (Wildman–Crippen LogP) is 4.31. The Hall–Kier alpha value is -2.14. The minimum Gasteiger partial charge on any atom is -0.381 e. The van der Waals surface area contributed by atoms with Crippen LogP contribution in [0.25, 0.3) is 0 Å². The molecule has 0 spiro atoms. The lowest BCUT2D eigenvalue weighted by atomic mass is 10.1. The van der Waals surface area contributed by atoms with Crippen molar-refractivity contribution in [3.8, 4) is 0 Å². The molecule has 104 valence electrons. The Morgan fingerprint density at radius 2 is 2.05 bits per heavy atom. The van der Waals surface area contributed by atoms with Crippen LogP contribution in [-0.4, -0.2) is 4.92 Å². The molecule has 0 atom stereocenters. The van der Waals surface area contributed by atoms with Crippen molar-refractivity contribution in [3.05, 3.63) is 68.5 Å². The number of hydrogen-bond donors (Lipinski definition) is 1. The van der Waals surface area contributed by atoms with Gasteiger partial charge in [0.2, 0.25) is 0 Å². The second-order valence-corrected chi connectivity index (χ2v) is 4.75. The second kappa shape index (κ2) is 5.88. The molecule has 0 fully saturated rings. The van der Waals surface area contributed by atoms with Crippen molar-refractivity contribution in [2.75, 3.05) is 5.32 Å². The molecule has 4 nitrogen and oxygen atoms in total. The van der Waals surface area contributed by atoms with Gasteiger partial charge in [-0.25, -0.2) is 4.39 Å². The van der Waals surface area contributed by atoms with Crippen LogP contribution < -0.4 is 5.32 Å². The molecule has 0 aliphatic heterocycles. The molecule has 2 aromatic carbocycles. The Kier molecular flexibility index (Phi) is 4.20. The number of rotatable bonds is 4. The summed E-state index contributed by atoms with van der Waals surface area (Å²) < 4.78 is 13.0. The van der Waals surface area contributed by atoms with Crippen LogP contribution in [0.5, 0.6) is 0 Å². The predicted molar refractivity (Wildman–Crippen MR) is 76.6 cm³/mol. The number of aryl methyl sites for hydroxylation is 1. The first-order valence-corrected chi connectivity index (χ1v) is 6.28. The highest BCUT2D eigenvalue weighted by molar-refractivity contribution is 6.32. The monoisotopic (exact) mass is 294 g/mol. The van der Waals surface area contributed by atoms with E-state index in [0.717, 1.165) is 11.1 Å². The third-order valence-corrected chi connectivity index (χ3v) is 3.25. The summed E-state index contributed by atoms with van der Waals surface area (Å²) in [5.74, 6) is -0.284. The Morgan fingerprint density at radius 3 is 2.70 bits per heavy atom. The number of nitrogens with zero attached hydrogens (tertiary/aromatic N) is 1. The van der Waals surface area contributed by atoms with Gasteiger partial charge in [0.25, 0.3) is 5.69 Å². The van der Waals surface area contributed by atoms with Gasteiger partial charge in [-0.15, -0.1) is 0 Å². The summed E-state index contributed by atoms with van der Waals surface area (Å²) in [5, 5.41) is 13.9. The Bertz CT molecular complexity index is 662. The Morgan fingerprint density at radius 1 is 1.30 bits per heavy atom. The first-order chi connectivity index (χ1) is 9.47. The molecule has 0 saturated heterocycles. The van der Waals surface area contributed by atoms with Gasteiger partial charge in [-0.2, -0.15) is 0 Å². The zero-order chi connectivity index (χ0) is 14.7. The van der Waals surface area contributed by atoms with Crippen LogP contribution in [0.1, 0.15) is 11.1 Å². The quantitative estimate of drug-likeness (QED) is 0.675. The highest BCUT2D eigenvalue weighted by Gasteiger charge is 2.12. The summed E-state index contributed by atoms with van der Waals surface area (Å²) in [6.07, 6.45) is 0. The van der Waals surface area contributed by atoms with E-state index in [1.54, 1.807) is 12.1 Å². The van der Waals surface area contributed by atoms with E-state index < -0.39 is 4.92 Å². The fourth-order valence-corrected chi connectivity index (χ4v) is 2.00. The molecular weight excluding hydrogens is 283 g/mol. The molecule has 6 heteroatoms. The fourth-order valence-electron chi connectivity index (χ4n) is 1.82. The Balaban J connectivity index is 2.15. The average Bonchev–Trinajstić information content (AvgIpc) is 2.39. The van der Waals surface area contributed by atoms with Gasteiger partial charge in [-0.3, -0.25) is 10.1 Å². The van der Waals surface area contributed by atoms with Gasteiger partial charge in [0.1, 0.15) is 10.8 Å². The highest BCUT2D eigenvalue weighted by Crippen LogP contribution is 2.27. The van der Waals surface area contributed by atoms with Crippen molar-refractivity contribution in [1.82, 2.24) is 0 Å². The molecule has 0 unspecified atom stereocenters. The van der Waals surface area contributed by atoms with Gasteiger partial charge in [-0.1, -0.05) is 17.7 Å². The molecule has 1 N–H and O–H groups in total. The summed E-state index contributed by atoms with van der Waals surface area (Å²) >= 11 is 5.74. The van der Waals surface area contributed by atoms with Crippen LogP contribution in [0.2, 0.25) is 5.02 Å². The number of benzene rings is 2. The number of nitro benzene ring substituents is 1. The standard InChI is InChI=1S/C14H12ClFN2O2/c1-9-6-11(16)3-2-10(9)8-17-12-4-5-13(15)14(7-12)18(19)20/h2-7,17H,8H2,1H3. The molecule has 0 aliphatic rings. The van der Waals surface area contributed by atoms with Gasteiger partial charge < -0.3 is 5.32 Å². The summed E-state index contributed by atoms with van der Waals surface area (Å²) in [7, 11) is 0. The van der Waals surface area contributed by atoms with E-state index in [0.29, 0.717) is 12.2 Å². The molecule has 0 radical (unpaired) electrons. The lowest BCUT2D eigenvalue weighted by molar-refractivity contribution is -0.384. The lowest BCUT2D eigenvalue weighted by Crippen LogP contribution is -2.02. The zero-order valence-electron chi connectivity index (χ0n) is 10.7. The van der Waals surface area contributed by atoms with Gasteiger partial charge in [0.05, 0.1) is 4.92 Å². The summed E-state index contributed by atoms with van der Waals surface area (Å²) in [4.78, 5) is 10.3. The first-order valence-electron chi connectivity index (χ1n) is 5.90. The van der Waals surface area contributed by atoms with Crippen LogP contribution in [0.3, 0.4) is 0 Å². The number of nitro groups is 1. The SMILES string of the molecule is Cc1cc(F)ccc1CNc1ccc(Cl)c([N+](=O)[O-])c1. The molecule has 2 aromatic rings. The summed E-state index contributed by atoms with van der Waals surface area (Å²) in [5.41, 5.74) is 2.18. The zero-order valence-corrected chi connectivity index (χ0v) is 11.4. The molecule has 0 saturated carbocycles. The number of halogens is 2. The second-order valence-electron chi connectivity index (χ2n) is 4.35. The lowest BCUT2D eigenvalue weighted by Gasteiger charge is -2.09. The Labute approximate surface area is 120 Å². The normalized spacial score (nSPS) is 10.3. The molecular formula is C14H12ClFN2O2. The smallest absolute Gasteiger partial charge is 0.289 e. The van der Waals surface area contributed by atoms with Crippen LogP contribution in [0, 0.1) is 22.9 Å². The highest BCUT2D eigenvalue weighted by atomic mass is 35.5. The van der Waals surface area contributed by atoms with Gasteiger partial charge >= 0.3 is 0 Å². The average molecular weight is 295 g/mol. The van der Waals surface area contributed by atoms with Crippen molar-refractivity contribution in [2.45, 2.75) is 13.5 Å². The molecule has 2 rings (SSSR count). The third-order valence-electron chi connectivity index (χ3n) is 2.93. The molecule has 0 aliphatic carbocycles. The summed E-state index contributed by atoms with van der Waals surface area (Å²) in [6, 6.07) is 9.02. The van der Waals surface area contributed by atoms with Crippen molar-refractivity contribution >= 4 is 23.0 Å². The van der Waals surface area contributed by atoms with Crippen molar-refractivity contribution < 1.29 is 9.31 Å². The molecule has 0 heterocycles. The van der Waals surface area contributed by atoms with Crippen LogP contribution in [-0.2, 0) is 6.54 Å². The minimum atomic E-state index is -0.531. The van der Waals surface area contributed by atoms with Crippen molar-refractivity contribution in [3.63, 3.8) is 0 Å². The third kappa shape index (κ3) is 3.24. The topological polar surface area (TPSA) is 55.2 Å². The maximum Gasteiger partial charge on any atom is 0.289 e. The van der Waals surface area contributed by atoms with E-state index in [1.165, 1.54) is 24.3 Å². The number of hydrogen-bond acceptors (Lipinski definition) is 3. The maximum absolute atomic E-state index is 13.0. The largest absolute Gasteiger partial charge is 0.381 e. The van der Waals surface area contributed by atoms with E-state index in [9.17, 15) is 14.5 Å². The van der Waals surface area contributed by atoms with Gasteiger partial charge in [0, 0.05) is 18.3 Å². The van der Waals surface area contributed by atoms with Crippen molar-refractivity contribution in [1.29, 1.82) is 0 Å². The van der Waals surface area contributed by atoms with Crippen LogP contribution in [0.15, 0.2) is 36.4 Å². The van der Waals surface area contributed by atoms with Crippen LogP contribution >= 0.6 is 11.6 Å². The molecule has 20 heavy (non-hydrogen) atoms. The fraction of sp³-hybridized carbons (Fsp3) is 0.143. The summed E-state index contributed by atoms with van der Waals surface area (Å²) in [6.45, 7) is 2.26. The van der Waals surface area contributed by atoms with E-state index in [2.05, 4.69) is 5.32 Å². The van der Waals surface area contributed by atoms with E-state index in [4.69, 9.17) is 11.6 Å². The maximum atomic E-state index is 13.0. The number of anilines is 1. The van der Waals surface area contributed by atoms with E-state index in [-0.39, 0.29) is 16.5 Å². The van der Waals surface area contributed by atoms with Gasteiger partial charge in [-0.05, 0) is 42.3 Å². The molecule has 0 aromatic heterocycles. The van der Waals surface area contributed by atoms with Crippen LogP contribution in [0.4, 0.5) is 15.8 Å². The van der Waals surface area contributed by atoms with E-state index in [1.807, 2.05) is 6.92 Å². The van der Waals surface area contributed by atoms with Gasteiger partial charge in [0.15, 0.2) is 0 Å². The number of nitrogens with one attached hydrogen (secondary N) is 1.